The summed E-state index contributed by atoms with van der Waals surface area (Å²) in [7, 11) is 0. The molecule has 2 nitrogen and oxygen atoms in total. The number of rotatable bonds is 1. The van der Waals surface area contributed by atoms with Gasteiger partial charge in [-0.05, 0) is 71.7 Å². The number of nitrogens with one attached hydrogen (secondary N) is 1. The van der Waals surface area contributed by atoms with Crippen LogP contribution in [0.1, 0.15) is 80.4 Å². The van der Waals surface area contributed by atoms with Crippen molar-refractivity contribution < 1.29 is 21.7 Å². The summed E-state index contributed by atoms with van der Waals surface area (Å²) in [6, 6.07) is 7.87. The van der Waals surface area contributed by atoms with Crippen LogP contribution in [0.4, 0.5) is 0 Å². The van der Waals surface area contributed by atoms with Crippen molar-refractivity contribution in [3.63, 3.8) is 0 Å². The maximum Gasteiger partial charge on any atom is 2.00 e. The molecule has 0 aromatic heterocycles. The molecule has 0 unspecified atom stereocenters. The first-order valence-corrected chi connectivity index (χ1v) is 10.6. The van der Waals surface area contributed by atoms with Gasteiger partial charge in [-0.3, -0.25) is 0 Å². The van der Waals surface area contributed by atoms with E-state index in [2.05, 4.69) is 74.3 Å². The minimum absolute atomic E-state index is 0. The number of nitrogens with zero attached hydrogens (tertiary/aromatic N) is 1. The molecule has 0 saturated heterocycles. The van der Waals surface area contributed by atoms with Gasteiger partial charge < -0.3 is 10.9 Å². The molecular weight excluding hydrogens is 412 g/mol. The van der Waals surface area contributed by atoms with Gasteiger partial charge in [-0.25, -0.2) is 0 Å². The number of hydrogen-bond donors (Lipinski definition) is 0. The van der Waals surface area contributed by atoms with Gasteiger partial charge in [0.1, 0.15) is 0 Å². The summed E-state index contributed by atoms with van der Waals surface area (Å²) in [6.07, 6.45) is 1.51. The van der Waals surface area contributed by atoms with Gasteiger partial charge in [0.15, 0.2) is 0 Å². The van der Waals surface area contributed by atoms with Gasteiger partial charge in [-0.15, -0.1) is 0 Å². The molecule has 2 fully saturated rings. The second kappa shape index (κ2) is 13.8. The Morgan fingerprint density at radius 2 is 0.710 bits per heavy atom. The Hall–Kier alpha value is -0.596. The fourth-order valence-electron chi connectivity index (χ4n) is 3.54. The molecule has 2 saturated carbocycles. The van der Waals surface area contributed by atoms with Crippen molar-refractivity contribution in [2.45, 2.75) is 76.2 Å². The van der Waals surface area contributed by atoms with E-state index in [0.29, 0.717) is 0 Å². The average Bonchev–Trinajstić information content (AvgIpc) is 3.01. The second-order valence-corrected chi connectivity index (χ2v) is 8.42. The van der Waals surface area contributed by atoms with Crippen LogP contribution in [0, 0.1) is 66.1 Å². The van der Waals surface area contributed by atoms with E-state index in [1.165, 1.54) is 71.0 Å². The predicted octanol–water partition coefficient (Wildman–Crippen LogP) is 8.32. The van der Waals surface area contributed by atoms with Crippen LogP contribution in [0.5, 0.6) is 0 Å². The van der Waals surface area contributed by atoms with E-state index in [1.54, 1.807) is 0 Å². The Balaban J connectivity index is 0.000000429. The van der Waals surface area contributed by atoms with E-state index in [0.717, 1.165) is 5.56 Å². The van der Waals surface area contributed by atoms with Gasteiger partial charge in [0, 0.05) is 6.21 Å². The molecule has 164 valence electrons. The van der Waals surface area contributed by atoms with E-state index in [9.17, 15) is 0 Å². The van der Waals surface area contributed by atoms with Gasteiger partial charge >= 0.3 is 21.7 Å². The van der Waals surface area contributed by atoms with E-state index in [-0.39, 0.29) is 21.7 Å². The van der Waals surface area contributed by atoms with Crippen molar-refractivity contribution >= 4 is 6.21 Å². The van der Waals surface area contributed by atoms with E-state index < -0.39 is 0 Å². The molecule has 0 amide bonds. The van der Waals surface area contributed by atoms with Crippen LogP contribution in [-0.2, 0) is 21.7 Å². The minimum atomic E-state index is 0. The van der Waals surface area contributed by atoms with Crippen LogP contribution in [-0.4, -0.2) is 6.21 Å². The first-order valence-electron chi connectivity index (χ1n) is 10.6. The van der Waals surface area contributed by atoms with Crippen molar-refractivity contribution in [3.8, 4) is 0 Å². The molecule has 1 N–H and O–H groups in total. The average molecular weight is 452 g/mol. The third kappa shape index (κ3) is 8.04. The van der Waals surface area contributed by atoms with Crippen LogP contribution in [0.25, 0.3) is 5.84 Å². The topological polar surface area (TPSA) is 36.2 Å². The smallest absolute Gasteiger partial charge is 0.617 e. The van der Waals surface area contributed by atoms with Crippen LogP contribution < -0.4 is 0 Å². The molecule has 2 aliphatic rings. The molecule has 1 aromatic carbocycles. The van der Waals surface area contributed by atoms with Crippen LogP contribution >= 0.6 is 0 Å². The normalized spacial score (nSPS) is 21.8. The molecule has 0 atom stereocenters. The van der Waals surface area contributed by atoms with E-state index >= 15 is 0 Å². The number of hydrogen-bond acceptors (Lipinski definition) is 1. The Morgan fingerprint density at radius 1 is 0.484 bits per heavy atom. The Kier molecular flexibility index (Phi) is 13.6. The molecule has 0 heterocycles. The van der Waals surface area contributed by atoms with Gasteiger partial charge in [-0.1, -0.05) is 99.1 Å². The SMILES string of the molecule is C[C]1[C](C)[C](C)[C](C)[C]1C.C[C]1[C](C)[C](C)[C](C)[C]1C.Cc1ccc(/C=N\[NH-])cc1.[Ti+2]. The summed E-state index contributed by atoms with van der Waals surface area (Å²) in [5.74, 6) is 21.2. The maximum atomic E-state index is 6.56. The quantitative estimate of drug-likeness (QED) is 0.234. The van der Waals surface area contributed by atoms with Crippen LogP contribution in [0.15, 0.2) is 29.4 Å². The molecule has 1 aromatic rings. The fourth-order valence-corrected chi connectivity index (χ4v) is 3.54. The molecule has 3 heteroatoms. The molecule has 0 aliphatic heterocycles. The first-order chi connectivity index (χ1) is 13.9. The van der Waals surface area contributed by atoms with Crippen molar-refractivity contribution in [1.29, 1.82) is 0 Å². The van der Waals surface area contributed by atoms with Crippen molar-refractivity contribution in [2.75, 3.05) is 0 Å². The van der Waals surface area contributed by atoms with Crippen molar-refractivity contribution in [1.82, 2.24) is 0 Å². The standard InChI is InChI=1S/2C10H15.C8H9N2.Ti/c2*1-6-7(2)9(4)10(5)8(6)3;1-7-2-4-8(5-3-7)6-10-9;/h2*1-5H3;2-6,9H,1H3;/q;;-1;+2/b;;10-6-;. The third-order valence-corrected chi connectivity index (χ3v) is 6.92. The zero-order valence-electron chi connectivity index (χ0n) is 21.3. The Bertz CT molecular complexity index is 521. The van der Waals surface area contributed by atoms with Crippen LogP contribution in [0.3, 0.4) is 0 Å². The van der Waals surface area contributed by atoms with Crippen LogP contribution in [0.2, 0.25) is 0 Å². The third-order valence-electron chi connectivity index (χ3n) is 6.92. The maximum absolute atomic E-state index is 6.56. The minimum Gasteiger partial charge on any atom is -0.617 e. The fraction of sp³-hybridized carbons (Fsp3) is 0.393. The van der Waals surface area contributed by atoms with Gasteiger partial charge in [0.05, 0.1) is 0 Å². The molecule has 10 radical (unpaired) electrons. The first kappa shape index (κ1) is 30.4. The Labute approximate surface area is 209 Å². The summed E-state index contributed by atoms with van der Waals surface area (Å²) in [5.41, 5.74) is 2.20. The van der Waals surface area contributed by atoms with Gasteiger partial charge in [0.2, 0.25) is 0 Å². The zero-order chi connectivity index (χ0) is 23.2. The molecule has 0 spiro atoms. The van der Waals surface area contributed by atoms with Gasteiger partial charge in [0.25, 0.3) is 0 Å². The monoisotopic (exact) mass is 451 g/mol. The largest absolute Gasteiger partial charge is 2.00 e. The predicted molar refractivity (Wildman–Crippen MR) is 132 cm³/mol. The zero-order valence-corrected chi connectivity index (χ0v) is 22.9. The number of aryl methyl sites for hydroxylation is 1. The summed E-state index contributed by atoms with van der Waals surface area (Å²) in [4.78, 5) is 0. The molecule has 31 heavy (non-hydrogen) atoms. The Morgan fingerprint density at radius 3 is 0.903 bits per heavy atom. The van der Waals surface area contributed by atoms with Crippen molar-refractivity contribution in [3.05, 3.63) is 100 Å². The van der Waals surface area contributed by atoms with Gasteiger partial charge in [-0.2, -0.15) is 0 Å². The van der Waals surface area contributed by atoms with E-state index in [1.807, 2.05) is 31.2 Å². The molecule has 3 rings (SSSR count). The van der Waals surface area contributed by atoms with Crippen molar-refractivity contribution in [2.24, 2.45) is 5.10 Å². The molecular formula is C28H39N2Ti+. The number of benzene rings is 1. The van der Waals surface area contributed by atoms with E-state index in [4.69, 9.17) is 5.84 Å². The molecule has 0 bridgehead atoms. The summed E-state index contributed by atoms with van der Waals surface area (Å²) < 4.78 is 0. The molecule has 2 aliphatic carbocycles. The summed E-state index contributed by atoms with van der Waals surface area (Å²) in [6.45, 7) is 24.0. The second-order valence-electron chi connectivity index (χ2n) is 8.42. The summed E-state index contributed by atoms with van der Waals surface area (Å²) >= 11 is 0. The summed E-state index contributed by atoms with van der Waals surface area (Å²) in [5, 5.41) is 3.16.